The van der Waals surface area contributed by atoms with Crippen molar-refractivity contribution in [1.82, 2.24) is 10.2 Å². The summed E-state index contributed by atoms with van der Waals surface area (Å²) >= 11 is 3.51. The third-order valence-electron chi connectivity index (χ3n) is 5.66. The Labute approximate surface area is 160 Å². The van der Waals surface area contributed by atoms with E-state index >= 15 is 0 Å². The molecule has 1 saturated heterocycles. The number of carbonyl (C=O) groups excluding carboxylic acids is 1. The van der Waals surface area contributed by atoms with E-state index < -0.39 is 0 Å². The van der Waals surface area contributed by atoms with Gasteiger partial charge in [0.1, 0.15) is 0 Å². The maximum absolute atomic E-state index is 13.4. The summed E-state index contributed by atoms with van der Waals surface area (Å²) in [5, 5.41) is 3.27. The molecule has 0 atom stereocenters. The number of benzene rings is 1. The van der Waals surface area contributed by atoms with Crippen LogP contribution < -0.4 is 5.32 Å². The van der Waals surface area contributed by atoms with E-state index in [1.165, 1.54) is 5.56 Å². The first-order valence-corrected chi connectivity index (χ1v) is 9.65. The van der Waals surface area contributed by atoms with E-state index in [1.54, 1.807) is 0 Å². The van der Waals surface area contributed by atoms with Gasteiger partial charge >= 0.3 is 0 Å². The molecule has 1 N–H and O–H groups in total. The molecule has 2 fully saturated rings. The average molecular weight is 416 g/mol. The summed E-state index contributed by atoms with van der Waals surface area (Å²) in [6, 6.07) is 8.42. The quantitative estimate of drug-likeness (QED) is 0.801. The Hall–Kier alpha value is -0.580. The molecule has 1 aliphatic heterocycles. The van der Waals surface area contributed by atoms with E-state index in [4.69, 9.17) is 0 Å². The average Bonchev–Trinajstić information content (AvgIpc) is 3.07. The largest absolute Gasteiger partial charge is 0.342 e. The van der Waals surface area contributed by atoms with Gasteiger partial charge in [-0.25, -0.2) is 0 Å². The lowest BCUT2D eigenvalue weighted by molar-refractivity contribution is -0.138. The lowest BCUT2D eigenvalue weighted by Crippen LogP contribution is -2.49. The molecule has 1 saturated carbocycles. The maximum atomic E-state index is 13.4. The Bertz CT molecular complexity index is 535. The molecule has 3 rings (SSSR count). The fourth-order valence-electron chi connectivity index (χ4n) is 4.31. The van der Waals surface area contributed by atoms with E-state index in [9.17, 15) is 4.79 Å². The Morgan fingerprint density at radius 2 is 1.79 bits per heavy atom. The lowest BCUT2D eigenvalue weighted by Gasteiger charge is -2.39. The van der Waals surface area contributed by atoms with Gasteiger partial charge in [0.15, 0.2) is 0 Å². The van der Waals surface area contributed by atoms with Gasteiger partial charge in [-0.05, 0) is 62.9 Å². The number of nitrogens with one attached hydrogen (secondary N) is 1. The third-order valence-corrected chi connectivity index (χ3v) is 6.19. The predicted octanol–water partition coefficient (Wildman–Crippen LogP) is 4.14. The van der Waals surface area contributed by atoms with Crippen LogP contribution in [0.4, 0.5) is 0 Å². The highest BCUT2D eigenvalue weighted by Gasteiger charge is 2.45. The molecule has 1 amide bonds. The van der Waals surface area contributed by atoms with Gasteiger partial charge in [0.2, 0.25) is 5.91 Å². The van der Waals surface area contributed by atoms with Gasteiger partial charge in [-0.15, -0.1) is 12.4 Å². The summed E-state index contributed by atoms with van der Waals surface area (Å²) < 4.78 is 1.08. The number of hydrogen-bond acceptors (Lipinski definition) is 2. The molecule has 0 aromatic heterocycles. The zero-order chi connectivity index (χ0) is 16.3. The number of halogens is 2. The molecule has 134 valence electrons. The van der Waals surface area contributed by atoms with Gasteiger partial charge < -0.3 is 10.2 Å². The Kier molecular flexibility index (Phi) is 7.14. The topological polar surface area (TPSA) is 32.3 Å². The zero-order valence-electron chi connectivity index (χ0n) is 14.4. The van der Waals surface area contributed by atoms with Crippen LogP contribution in [0.1, 0.15) is 44.1 Å². The first-order valence-electron chi connectivity index (χ1n) is 8.86. The van der Waals surface area contributed by atoms with Crippen molar-refractivity contribution in [2.75, 3.05) is 26.7 Å². The lowest BCUT2D eigenvalue weighted by atomic mass is 9.77. The standard InChI is InChI=1S/C19H27BrN2O.ClH/c1-21-14-15-8-12-22(13-9-15)18(23)19(10-2-3-11-19)16-4-6-17(20)7-5-16;/h4-7,15,21H,2-3,8-14H2,1H3;1H. The summed E-state index contributed by atoms with van der Waals surface area (Å²) in [6.45, 7) is 2.91. The van der Waals surface area contributed by atoms with Crippen LogP contribution in [0.25, 0.3) is 0 Å². The van der Waals surface area contributed by atoms with Crippen LogP contribution >= 0.6 is 28.3 Å². The van der Waals surface area contributed by atoms with Crippen molar-refractivity contribution in [3.8, 4) is 0 Å². The van der Waals surface area contributed by atoms with Gasteiger partial charge in [-0.1, -0.05) is 40.9 Å². The molecule has 0 radical (unpaired) electrons. The fourth-order valence-corrected chi connectivity index (χ4v) is 4.57. The van der Waals surface area contributed by atoms with Crippen LogP contribution in [0, 0.1) is 5.92 Å². The normalized spacial score (nSPS) is 20.7. The summed E-state index contributed by atoms with van der Waals surface area (Å²) in [5.41, 5.74) is 0.942. The van der Waals surface area contributed by atoms with Gasteiger partial charge in [-0.2, -0.15) is 0 Å². The molecule has 1 aromatic carbocycles. The first-order chi connectivity index (χ1) is 11.2. The number of hydrogen-bond donors (Lipinski definition) is 1. The van der Waals surface area contributed by atoms with Crippen molar-refractivity contribution in [1.29, 1.82) is 0 Å². The molecule has 3 nitrogen and oxygen atoms in total. The maximum Gasteiger partial charge on any atom is 0.233 e. The van der Waals surface area contributed by atoms with Crippen LogP contribution in [0.5, 0.6) is 0 Å². The van der Waals surface area contributed by atoms with Crippen molar-refractivity contribution in [3.05, 3.63) is 34.3 Å². The van der Waals surface area contributed by atoms with Crippen LogP contribution in [0.2, 0.25) is 0 Å². The van der Waals surface area contributed by atoms with E-state index in [2.05, 4.69) is 50.4 Å². The smallest absolute Gasteiger partial charge is 0.233 e. The van der Waals surface area contributed by atoms with Gasteiger partial charge in [-0.3, -0.25) is 4.79 Å². The minimum atomic E-state index is -0.267. The Morgan fingerprint density at radius 1 is 1.21 bits per heavy atom. The Balaban J connectivity index is 0.00000208. The SMILES string of the molecule is CNCC1CCN(C(=O)C2(c3ccc(Br)cc3)CCCC2)CC1.Cl. The summed E-state index contributed by atoms with van der Waals surface area (Å²) in [4.78, 5) is 15.5. The second-order valence-corrected chi connectivity index (χ2v) is 8.01. The summed E-state index contributed by atoms with van der Waals surface area (Å²) in [5.74, 6) is 1.09. The summed E-state index contributed by atoms with van der Waals surface area (Å²) in [7, 11) is 2.01. The second-order valence-electron chi connectivity index (χ2n) is 7.09. The van der Waals surface area contributed by atoms with E-state index in [0.717, 1.165) is 68.5 Å². The molecule has 0 unspecified atom stereocenters. The minimum absolute atomic E-state index is 0. The minimum Gasteiger partial charge on any atom is -0.342 e. The molecule has 1 aromatic rings. The van der Waals surface area contributed by atoms with Gasteiger partial charge in [0.25, 0.3) is 0 Å². The highest BCUT2D eigenvalue weighted by molar-refractivity contribution is 9.10. The number of nitrogens with zero attached hydrogens (tertiary/aromatic N) is 1. The number of piperidine rings is 1. The molecule has 0 spiro atoms. The molecule has 1 heterocycles. The number of likely N-dealkylation sites (tertiary alicyclic amines) is 1. The van der Waals surface area contributed by atoms with E-state index in [1.807, 2.05) is 7.05 Å². The van der Waals surface area contributed by atoms with Crippen LogP contribution in [0.3, 0.4) is 0 Å². The fraction of sp³-hybridized carbons (Fsp3) is 0.632. The molecule has 2 aliphatic rings. The summed E-state index contributed by atoms with van der Waals surface area (Å²) in [6.07, 6.45) is 6.59. The van der Waals surface area contributed by atoms with Crippen molar-refractivity contribution in [3.63, 3.8) is 0 Å². The highest BCUT2D eigenvalue weighted by atomic mass is 79.9. The predicted molar refractivity (Wildman–Crippen MR) is 105 cm³/mol. The van der Waals surface area contributed by atoms with E-state index in [0.29, 0.717) is 5.91 Å². The van der Waals surface area contributed by atoms with Crippen LogP contribution in [-0.4, -0.2) is 37.5 Å². The van der Waals surface area contributed by atoms with Crippen molar-refractivity contribution >= 4 is 34.2 Å². The second kappa shape index (κ2) is 8.68. The van der Waals surface area contributed by atoms with Crippen molar-refractivity contribution in [2.45, 2.75) is 43.9 Å². The number of rotatable bonds is 4. The first kappa shape index (κ1) is 19.7. The molecule has 5 heteroatoms. The Morgan fingerprint density at radius 3 is 2.33 bits per heavy atom. The van der Waals surface area contributed by atoms with Gasteiger partial charge in [0, 0.05) is 17.6 Å². The molecule has 0 bridgehead atoms. The van der Waals surface area contributed by atoms with Gasteiger partial charge in [0.05, 0.1) is 5.41 Å². The van der Waals surface area contributed by atoms with Crippen LogP contribution in [0.15, 0.2) is 28.7 Å². The molecular formula is C19H28BrClN2O. The number of amides is 1. The highest BCUT2D eigenvalue weighted by Crippen LogP contribution is 2.43. The molecule has 24 heavy (non-hydrogen) atoms. The zero-order valence-corrected chi connectivity index (χ0v) is 16.8. The monoisotopic (exact) mass is 414 g/mol. The van der Waals surface area contributed by atoms with Crippen molar-refractivity contribution < 1.29 is 4.79 Å². The third kappa shape index (κ3) is 3.97. The molecular weight excluding hydrogens is 388 g/mol. The van der Waals surface area contributed by atoms with Crippen molar-refractivity contribution in [2.24, 2.45) is 5.92 Å². The number of carbonyl (C=O) groups is 1. The van der Waals surface area contributed by atoms with E-state index in [-0.39, 0.29) is 17.8 Å². The van der Waals surface area contributed by atoms with Crippen LogP contribution in [-0.2, 0) is 10.2 Å². The molecule has 1 aliphatic carbocycles.